The van der Waals surface area contributed by atoms with Crippen molar-refractivity contribution in [2.24, 2.45) is 0 Å². The highest BCUT2D eigenvalue weighted by molar-refractivity contribution is 5.89. The van der Waals surface area contributed by atoms with E-state index >= 15 is 0 Å². The Morgan fingerprint density at radius 1 is 1.53 bits per heavy atom. The Hall–Kier alpha value is -2.04. The van der Waals surface area contributed by atoms with Crippen LogP contribution in [0.2, 0.25) is 0 Å². The first-order chi connectivity index (χ1) is 7.18. The van der Waals surface area contributed by atoms with E-state index in [2.05, 4.69) is 5.16 Å². The van der Waals surface area contributed by atoms with Gasteiger partial charge < -0.3 is 14.5 Å². The average molecular weight is 206 g/mol. The summed E-state index contributed by atoms with van der Waals surface area (Å²) in [6, 6.07) is 7.34. The van der Waals surface area contributed by atoms with Gasteiger partial charge in [-0.1, -0.05) is 17.3 Å². The minimum Gasteiger partial charge on any atom is -0.480 e. The van der Waals surface area contributed by atoms with Gasteiger partial charge >= 0.3 is 5.97 Å². The van der Waals surface area contributed by atoms with Crippen LogP contribution in [-0.4, -0.2) is 29.8 Å². The number of nitrogens with zero attached hydrogens (tertiary/aromatic N) is 2. The number of carboxylic acid groups (broad SMARTS) is 1. The molecule has 0 atom stereocenters. The van der Waals surface area contributed by atoms with Gasteiger partial charge in [0.15, 0.2) is 11.4 Å². The molecule has 0 aliphatic carbocycles. The Morgan fingerprint density at radius 3 is 3.00 bits per heavy atom. The molecule has 5 nitrogen and oxygen atoms in total. The number of fused-ring (bicyclic) bond motifs is 1. The first-order valence-corrected chi connectivity index (χ1v) is 4.46. The number of anilines is 1. The Kier molecular flexibility index (Phi) is 2.29. The Morgan fingerprint density at radius 2 is 2.27 bits per heavy atom. The predicted octanol–water partition coefficient (Wildman–Crippen LogP) is 1.35. The molecule has 1 heterocycles. The number of carbonyl (C=O) groups is 1. The summed E-state index contributed by atoms with van der Waals surface area (Å²) in [7, 11) is 1.67. The molecule has 0 unspecified atom stereocenters. The lowest BCUT2D eigenvalue weighted by Crippen LogP contribution is -2.25. The van der Waals surface area contributed by atoms with Crippen LogP contribution in [-0.2, 0) is 4.79 Å². The first kappa shape index (κ1) is 9.51. The number of rotatable bonds is 3. The molecule has 0 amide bonds. The lowest BCUT2D eigenvalue weighted by molar-refractivity contribution is -0.135. The first-order valence-electron chi connectivity index (χ1n) is 4.46. The van der Waals surface area contributed by atoms with E-state index in [9.17, 15) is 4.79 Å². The zero-order chi connectivity index (χ0) is 10.8. The predicted molar refractivity (Wildman–Crippen MR) is 54.9 cm³/mol. The second-order valence-corrected chi connectivity index (χ2v) is 3.25. The van der Waals surface area contributed by atoms with E-state index in [1.807, 2.05) is 18.2 Å². The number of hydrogen-bond donors (Lipinski definition) is 1. The quantitative estimate of drug-likeness (QED) is 0.821. The summed E-state index contributed by atoms with van der Waals surface area (Å²) in [6.07, 6.45) is 0. The Labute approximate surface area is 85.9 Å². The van der Waals surface area contributed by atoms with Crippen LogP contribution in [0.15, 0.2) is 28.8 Å². The molecule has 5 heteroatoms. The summed E-state index contributed by atoms with van der Waals surface area (Å²) in [5.41, 5.74) is 0.657. The molecule has 0 bridgehead atoms. The third-order valence-electron chi connectivity index (χ3n) is 2.09. The van der Waals surface area contributed by atoms with Gasteiger partial charge in [0, 0.05) is 7.05 Å². The van der Waals surface area contributed by atoms with E-state index in [1.54, 1.807) is 13.1 Å². The van der Waals surface area contributed by atoms with Crippen LogP contribution in [0, 0.1) is 0 Å². The monoisotopic (exact) mass is 206 g/mol. The summed E-state index contributed by atoms with van der Waals surface area (Å²) < 4.78 is 5.07. The van der Waals surface area contributed by atoms with Gasteiger partial charge in [0.1, 0.15) is 6.54 Å². The van der Waals surface area contributed by atoms with Crippen molar-refractivity contribution in [1.29, 1.82) is 0 Å². The SMILES string of the molecule is CN(CC(=O)O)c1noc2ccccc12. The maximum absolute atomic E-state index is 10.5. The molecule has 2 aromatic rings. The summed E-state index contributed by atoms with van der Waals surface area (Å²) in [6.45, 7) is -0.101. The number of aromatic nitrogens is 1. The van der Waals surface area contributed by atoms with Crippen molar-refractivity contribution in [3.05, 3.63) is 24.3 Å². The molecule has 0 aliphatic heterocycles. The minimum absolute atomic E-state index is 0.101. The molecule has 0 aliphatic rings. The van der Waals surface area contributed by atoms with Gasteiger partial charge in [-0.15, -0.1) is 0 Å². The Bertz CT molecular complexity index is 492. The van der Waals surface area contributed by atoms with Crippen LogP contribution >= 0.6 is 0 Å². The fraction of sp³-hybridized carbons (Fsp3) is 0.200. The van der Waals surface area contributed by atoms with Crippen LogP contribution in [0.1, 0.15) is 0 Å². The van der Waals surface area contributed by atoms with Crippen LogP contribution < -0.4 is 4.90 Å². The van der Waals surface area contributed by atoms with E-state index in [4.69, 9.17) is 9.63 Å². The number of likely N-dealkylation sites (N-methyl/N-ethyl adjacent to an activating group) is 1. The molecule has 1 aromatic heterocycles. The van der Waals surface area contributed by atoms with Crippen molar-refractivity contribution in [1.82, 2.24) is 5.16 Å². The number of para-hydroxylation sites is 1. The van der Waals surface area contributed by atoms with Gasteiger partial charge in [0.05, 0.1) is 5.39 Å². The third-order valence-corrected chi connectivity index (χ3v) is 2.09. The van der Waals surface area contributed by atoms with Gasteiger partial charge in [-0.05, 0) is 12.1 Å². The molecule has 1 aromatic carbocycles. The third kappa shape index (κ3) is 1.76. The Balaban J connectivity index is 2.39. The molecule has 78 valence electrons. The highest BCUT2D eigenvalue weighted by Crippen LogP contribution is 2.24. The van der Waals surface area contributed by atoms with Crippen molar-refractivity contribution >= 4 is 22.8 Å². The van der Waals surface area contributed by atoms with Gasteiger partial charge in [0.2, 0.25) is 0 Å². The van der Waals surface area contributed by atoms with Crippen molar-refractivity contribution < 1.29 is 14.4 Å². The number of aliphatic carboxylic acids is 1. The highest BCUT2D eigenvalue weighted by Gasteiger charge is 2.13. The van der Waals surface area contributed by atoms with E-state index in [-0.39, 0.29) is 6.54 Å². The second-order valence-electron chi connectivity index (χ2n) is 3.25. The summed E-state index contributed by atoms with van der Waals surface area (Å²) >= 11 is 0. The van der Waals surface area contributed by atoms with Crippen LogP contribution in [0.25, 0.3) is 11.0 Å². The molecule has 0 saturated carbocycles. The van der Waals surface area contributed by atoms with Crippen molar-refractivity contribution in [3.8, 4) is 0 Å². The topological polar surface area (TPSA) is 66.6 Å². The number of carboxylic acids is 1. The van der Waals surface area contributed by atoms with E-state index in [1.165, 1.54) is 4.90 Å². The molecular formula is C10H10N2O3. The molecule has 2 rings (SSSR count). The zero-order valence-corrected chi connectivity index (χ0v) is 8.17. The van der Waals surface area contributed by atoms with Crippen LogP contribution in [0.5, 0.6) is 0 Å². The van der Waals surface area contributed by atoms with Gasteiger partial charge in [-0.25, -0.2) is 0 Å². The maximum atomic E-state index is 10.5. The van der Waals surface area contributed by atoms with E-state index in [0.29, 0.717) is 11.4 Å². The zero-order valence-electron chi connectivity index (χ0n) is 8.17. The van der Waals surface area contributed by atoms with Gasteiger partial charge in [-0.3, -0.25) is 4.79 Å². The largest absolute Gasteiger partial charge is 0.480 e. The van der Waals surface area contributed by atoms with Crippen LogP contribution in [0.3, 0.4) is 0 Å². The highest BCUT2D eigenvalue weighted by atomic mass is 16.5. The van der Waals surface area contributed by atoms with Gasteiger partial charge in [-0.2, -0.15) is 0 Å². The van der Waals surface area contributed by atoms with Crippen molar-refractivity contribution in [2.45, 2.75) is 0 Å². The fourth-order valence-corrected chi connectivity index (χ4v) is 1.43. The normalized spacial score (nSPS) is 10.5. The van der Waals surface area contributed by atoms with Crippen LogP contribution in [0.4, 0.5) is 5.82 Å². The number of hydrogen-bond acceptors (Lipinski definition) is 4. The lowest BCUT2D eigenvalue weighted by Gasteiger charge is -2.12. The maximum Gasteiger partial charge on any atom is 0.323 e. The van der Waals surface area contributed by atoms with Gasteiger partial charge in [0.25, 0.3) is 0 Å². The molecule has 0 radical (unpaired) electrons. The molecule has 15 heavy (non-hydrogen) atoms. The molecular weight excluding hydrogens is 196 g/mol. The molecule has 0 saturated heterocycles. The van der Waals surface area contributed by atoms with E-state index in [0.717, 1.165) is 5.39 Å². The molecule has 0 spiro atoms. The molecule has 0 fully saturated rings. The van der Waals surface area contributed by atoms with E-state index < -0.39 is 5.97 Å². The lowest BCUT2D eigenvalue weighted by atomic mass is 10.2. The summed E-state index contributed by atoms with van der Waals surface area (Å²) in [5, 5.41) is 13.3. The second kappa shape index (κ2) is 3.61. The minimum atomic E-state index is -0.899. The van der Waals surface area contributed by atoms with Crippen molar-refractivity contribution in [2.75, 3.05) is 18.5 Å². The fourth-order valence-electron chi connectivity index (χ4n) is 1.43. The smallest absolute Gasteiger partial charge is 0.323 e. The summed E-state index contributed by atoms with van der Waals surface area (Å²) in [4.78, 5) is 12.1. The average Bonchev–Trinajstić information content (AvgIpc) is 2.59. The molecule has 1 N–H and O–H groups in total. The number of benzene rings is 1. The standard InChI is InChI=1S/C10H10N2O3/c1-12(6-9(13)14)10-7-4-2-3-5-8(7)15-11-10/h2-5H,6H2,1H3,(H,13,14). The summed E-state index contributed by atoms with van der Waals surface area (Å²) in [5.74, 6) is -0.349. The van der Waals surface area contributed by atoms with Crippen molar-refractivity contribution in [3.63, 3.8) is 0 Å².